The van der Waals surface area contributed by atoms with Crippen molar-refractivity contribution in [3.8, 4) is 0 Å². The summed E-state index contributed by atoms with van der Waals surface area (Å²) in [4.78, 5) is 0. The molecule has 0 aliphatic carbocycles. The van der Waals surface area contributed by atoms with Crippen LogP contribution in [0.4, 0.5) is 0 Å². The van der Waals surface area contributed by atoms with E-state index in [2.05, 4.69) is 17.3 Å². The highest BCUT2D eigenvalue weighted by atomic mass is 35.5. The second-order valence-corrected chi connectivity index (χ2v) is 4.36. The van der Waals surface area contributed by atoms with E-state index < -0.39 is 0 Å². The summed E-state index contributed by atoms with van der Waals surface area (Å²) >= 11 is 5.91. The molecule has 0 aliphatic heterocycles. The molecular weight excluding hydrogens is 226 g/mol. The number of aryl methyl sites for hydroxylation is 2. The molecular formula is C11H20ClN3O. The Hall–Kier alpha value is -0.580. The van der Waals surface area contributed by atoms with Gasteiger partial charge in [-0.05, 0) is 26.3 Å². The Labute approximate surface area is 102 Å². The predicted molar refractivity (Wildman–Crippen MR) is 65.8 cm³/mol. The number of hydrogen-bond acceptors (Lipinski definition) is 3. The molecule has 0 bridgehead atoms. The molecule has 0 spiro atoms. The largest absolute Gasteiger partial charge is 0.395 e. The van der Waals surface area contributed by atoms with Crippen LogP contribution in [-0.2, 0) is 6.54 Å². The summed E-state index contributed by atoms with van der Waals surface area (Å²) in [6, 6.07) is 0.142. The Morgan fingerprint density at radius 3 is 2.88 bits per heavy atom. The smallest absolute Gasteiger partial charge is 0.0814 e. The van der Waals surface area contributed by atoms with Gasteiger partial charge in [-0.1, -0.05) is 18.5 Å². The average Bonchev–Trinajstić information content (AvgIpc) is 2.59. The number of aromatic nitrogens is 2. The Bertz CT molecular complexity index is 295. The van der Waals surface area contributed by atoms with Crippen LogP contribution in [0.1, 0.15) is 25.5 Å². The molecule has 16 heavy (non-hydrogen) atoms. The van der Waals surface area contributed by atoms with E-state index in [1.807, 2.05) is 17.8 Å². The molecule has 1 atom stereocenters. The summed E-state index contributed by atoms with van der Waals surface area (Å²) in [7, 11) is 0. The van der Waals surface area contributed by atoms with E-state index in [9.17, 15) is 5.11 Å². The van der Waals surface area contributed by atoms with E-state index in [1.54, 1.807) is 0 Å². The Kier molecular flexibility index (Phi) is 5.80. The molecule has 1 unspecified atom stereocenters. The first-order valence-corrected chi connectivity index (χ1v) is 6.09. The van der Waals surface area contributed by atoms with Crippen LogP contribution in [0.2, 0.25) is 5.02 Å². The molecule has 1 aromatic heterocycles. The number of rotatable bonds is 7. The third-order valence-corrected chi connectivity index (χ3v) is 2.87. The third kappa shape index (κ3) is 4.12. The summed E-state index contributed by atoms with van der Waals surface area (Å²) in [5.74, 6) is 0. The van der Waals surface area contributed by atoms with E-state index in [0.29, 0.717) is 5.02 Å². The minimum Gasteiger partial charge on any atom is -0.395 e. The highest BCUT2D eigenvalue weighted by Crippen LogP contribution is 2.12. The fourth-order valence-corrected chi connectivity index (χ4v) is 1.65. The first-order chi connectivity index (χ1) is 7.67. The molecule has 0 fully saturated rings. The van der Waals surface area contributed by atoms with Crippen molar-refractivity contribution in [2.45, 2.75) is 39.3 Å². The van der Waals surface area contributed by atoms with Crippen LogP contribution in [0.15, 0.2) is 6.20 Å². The van der Waals surface area contributed by atoms with Crippen molar-refractivity contribution in [2.75, 3.05) is 13.2 Å². The summed E-state index contributed by atoms with van der Waals surface area (Å²) in [6.45, 7) is 5.86. The predicted octanol–water partition coefficient (Wildman–Crippen LogP) is 1.60. The molecule has 0 saturated carbocycles. The van der Waals surface area contributed by atoms with Crippen molar-refractivity contribution < 1.29 is 5.11 Å². The number of nitrogens with one attached hydrogen (secondary N) is 1. The van der Waals surface area contributed by atoms with Gasteiger partial charge in [0.25, 0.3) is 0 Å². The zero-order valence-corrected chi connectivity index (χ0v) is 10.7. The molecule has 0 aromatic carbocycles. The lowest BCUT2D eigenvalue weighted by molar-refractivity contribution is 0.230. The number of nitrogens with zero attached hydrogens (tertiary/aromatic N) is 2. The molecule has 1 rings (SSSR count). The van der Waals surface area contributed by atoms with E-state index >= 15 is 0 Å². The zero-order chi connectivity index (χ0) is 12.0. The average molecular weight is 246 g/mol. The fourth-order valence-electron chi connectivity index (χ4n) is 1.50. The molecule has 2 N–H and O–H groups in total. The molecule has 92 valence electrons. The molecule has 0 amide bonds. The first-order valence-electron chi connectivity index (χ1n) is 5.71. The lowest BCUT2D eigenvalue weighted by Crippen LogP contribution is -2.34. The summed E-state index contributed by atoms with van der Waals surface area (Å²) in [5.41, 5.74) is 0.851. The van der Waals surface area contributed by atoms with Crippen molar-refractivity contribution in [1.29, 1.82) is 0 Å². The topological polar surface area (TPSA) is 50.1 Å². The van der Waals surface area contributed by atoms with Gasteiger partial charge in [0.2, 0.25) is 0 Å². The molecule has 5 heteroatoms. The molecule has 0 aliphatic rings. The minimum atomic E-state index is 0.142. The van der Waals surface area contributed by atoms with Gasteiger partial charge in [0.15, 0.2) is 0 Å². The van der Waals surface area contributed by atoms with Gasteiger partial charge in [0.05, 0.1) is 17.3 Å². The van der Waals surface area contributed by atoms with E-state index in [1.165, 1.54) is 0 Å². The lowest BCUT2D eigenvalue weighted by atomic mass is 10.2. The van der Waals surface area contributed by atoms with Crippen LogP contribution in [0.5, 0.6) is 0 Å². The molecule has 1 heterocycles. The zero-order valence-electron chi connectivity index (χ0n) is 9.91. The number of aliphatic hydroxyl groups is 1. The van der Waals surface area contributed by atoms with Gasteiger partial charge >= 0.3 is 0 Å². The van der Waals surface area contributed by atoms with Gasteiger partial charge in [-0.15, -0.1) is 0 Å². The second-order valence-electron chi connectivity index (χ2n) is 3.95. The monoisotopic (exact) mass is 245 g/mol. The maximum absolute atomic E-state index is 9.17. The van der Waals surface area contributed by atoms with Gasteiger partial charge in [-0.2, -0.15) is 5.10 Å². The highest BCUT2D eigenvalue weighted by molar-refractivity contribution is 6.31. The van der Waals surface area contributed by atoms with Crippen LogP contribution in [0, 0.1) is 6.92 Å². The van der Waals surface area contributed by atoms with Crippen LogP contribution in [-0.4, -0.2) is 34.1 Å². The van der Waals surface area contributed by atoms with Crippen LogP contribution in [0.25, 0.3) is 0 Å². The summed E-state index contributed by atoms with van der Waals surface area (Å²) in [5, 5.41) is 17.4. The van der Waals surface area contributed by atoms with Gasteiger partial charge < -0.3 is 10.4 Å². The Balaban J connectivity index is 2.37. The number of aliphatic hydroxyl groups excluding tert-OH is 1. The standard InChI is InChI=1S/C11H20ClN3O/c1-3-5-13-10(8-16)4-6-15-7-11(12)9(2)14-15/h7,10,13,16H,3-6,8H2,1-2H3. The van der Waals surface area contributed by atoms with Crippen LogP contribution >= 0.6 is 11.6 Å². The normalized spacial score (nSPS) is 13.0. The first kappa shape index (κ1) is 13.5. The van der Waals surface area contributed by atoms with Gasteiger partial charge in [-0.25, -0.2) is 0 Å². The van der Waals surface area contributed by atoms with Crippen molar-refractivity contribution >= 4 is 11.6 Å². The van der Waals surface area contributed by atoms with E-state index in [4.69, 9.17) is 11.6 Å². The van der Waals surface area contributed by atoms with Gasteiger partial charge in [0, 0.05) is 18.8 Å². The van der Waals surface area contributed by atoms with Crippen molar-refractivity contribution in [3.05, 3.63) is 16.9 Å². The maximum Gasteiger partial charge on any atom is 0.0814 e. The third-order valence-electron chi connectivity index (χ3n) is 2.50. The summed E-state index contributed by atoms with van der Waals surface area (Å²) in [6.07, 6.45) is 3.75. The van der Waals surface area contributed by atoms with Crippen molar-refractivity contribution in [3.63, 3.8) is 0 Å². The van der Waals surface area contributed by atoms with Crippen molar-refractivity contribution in [1.82, 2.24) is 15.1 Å². The summed E-state index contributed by atoms with van der Waals surface area (Å²) < 4.78 is 1.83. The molecule has 1 aromatic rings. The maximum atomic E-state index is 9.17. The Morgan fingerprint density at radius 2 is 2.38 bits per heavy atom. The van der Waals surface area contributed by atoms with Gasteiger partial charge in [-0.3, -0.25) is 4.68 Å². The number of hydrogen-bond donors (Lipinski definition) is 2. The molecule has 0 saturated heterocycles. The SMILES string of the molecule is CCCNC(CO)CCn1cc(Cl)c(C)n1. The molecule has 0 radical (unpaired) electrons. The number of halogens is 1. The quantitative estimate of drug-likeness (QED) is 0.767. The van der Waals surface area contributed by atoms with Crippen molar-refractivity contribution in [2.24, 2.45) is 0 Å². The highest BCUT2D eigenvalue weighted by Gasteiger charge is 2.07. The fraction of sp³-hybridized carbons (Fsp3) is 0.727. The van der Waals surface area contributed by atoms with Crippen LogP contribution in [0.3, 0.4) is 0 Å². The molecule has 4 nitrogen and oxygen atoms in total. The second kappa shape index (κ2) is 6.89. The lowest BCUT2D eigenvalue weighted by Gasteiger charge is -2.15. The minimum absolute atomic E-state index is 0.142. The van der Waals surface area contributed by atoms with Gasteiger partial charge in [0.1, 0.15) is 0 Å². The van der Waals surface area contributed by atoms with Crippen LogP contribution < -0.4 is 5.32 Å². The van der Waals surface area contributed by atoms with E-state index in [-0.39, 0.29) is 12.6 Å². The van der Waals surface area contributed by atoms with E-state index in [0.717, 1.165) is 31.6 Å². The Morgan fingerprint density at radius 1 is 1.62 bits per heavy atom.